The van der Waals surface area contributed by atoms with Crippen LogP contribution in [0.1, 0.15) is 13.3 Å². The van der Waals surface area contributed by atoms with Gasteiger partial charge in [0.25, 0.3) is 0 Å². The van der Waals surface area contributed by atoms with Crippen LogP contribution in [0.5, 0.6) is 0 Å². The Morgan fingerprint density at radius 3 is 3.00 bits per heavy atom. The number of nitrogens with zero attached hydrogens (tertiary/aromatic N) is 3. The fourth-order valence-electron chi connectivity index (χ4n) is 1.67. The van der Waals surface area contributed by atoms with Crippen molar-refractivity contribution in [2.24, 2.45) is 0 Å². The summed E-state index contributed by atoms with van der Waals surface area (Å²) in [6.07, 6.45) is 4.40. The smallest absolute Gasteiger partial charge is 0.225 e. The second-order valence-corrected chi connectivity index (χ2v) is 5.98. The summed E-state index contributed by atoms with van der Waals surface area (Å²) in [5, 5.41) is 6.72. The highest BCUT2D eigenvalue weighted by atomic mass is 32.2. The van der Waals surface area contributed by atoms with Gasteiger partial charge in [-0.2, -0.15) is 5.10 Å². The summed E-state index contributed by atoms with van der Waals surface area (Å²) >= 11 is 1.52. The van der Waals surface area contributed by atoms with E-state index in [0.29, 0.717) is 23.5 Å². The third-order valence-electron chi connectivity index (χ3n) is 2.65. The van der Waals surface area contributed by atoms with E-state index in [2.05, 4.69) is 22.0 Å². The molecule has 1 amide bonds. The van der Waals surface area contributed by atoms with Crippen LogP contribution in [0.2, 0.25) is 0 Å². The number of carbonyl (C=O) groups excluding carboxylic acids is 1. The molecule has 0 unspecified atom stereocenters. The number of hydrogen-bond donors (Lipinski definition) is 1. The molecule has 0 saturated carbocycles. The van der Waals surface area contributed by atoms with E-state index in [-0.39, 0.29) is 11.5 Å². The third kappa shape index (κ3) is 4.46. The fraction of sp³-hybridized carbons (Fsp3) is 0.214. The second-order valence-electron chi connectivity index (χ2n) is 4.58. The maximum atomic E-state index is 13.2. The molecule has 2 heterocycles. The van der Waals surface area contributed by atoms with Gasteiger partial charge < -0.3 is 5.32 Å². The average molecular weight is 316 g/mol. The quantitative estimate of drug-likeness (QED) is 0.826. The molecule has 0 bridgehead atoms. The third-order valence-corrected chi connectivity index (χ3v) is 3.55. The van der Waals surface area contributed by atoms with Crippen molar-refractivity contribution in [3.63, 3.8) is 0 Å². The minimum absolute atomic E-state index is 0.158. The van der Waals surface area contributed by atoms with Crippen LogP contribution in [0, 0.1) is 5.82 Å². The first kappa shape index (κ1) is 16.3. The van der Waals surface area contributed by atoms with Crippen LogP contribution in [0.15, 0.2) is 36.1 Å². The highest BCUT2D eigenvalue weighted by Crippen LogP contribution is 2.14. The SMILES string of the molecule is [B]c1nn(-c2cncc(F)c2)cc1NC(=O)CCSC(=C)C. The van der Waals surface area contributed by atoms with E-state index in [1.807, 2.05) is 6.92 Å². The molecule has 0 atom stereocenters. The van der Waals surface area contributed by atoms with Gasteiger partial charge in [-0.1, -0.05) is 6.58 Å². The number of halogens is 1. The summed E-state index contributed by atoms with van der Waals surface area (Å²) < 4.78 is 14.5. The lowest BCUT2D eigenvalue weighted by molar-refractivity contribution is -0.115. The first-order chi connectivity index (χ1) is 10.5. The van der Waals surface area contributed by atoms with Crippen molar-refractivity contribution in [2.45, 2.75) is 13.3 Å². The van der Waals surface area contributed by atoms with E-state index in [0.717, 1.165) is 11.1 Å². The molecule has 0 saturated heterocycles. The number of anilines is 1. The molecule has 0 spiro atoms. The number of thioether (sulfide) groups is 1. The average Bonchev–Trinajstić information content (AvgIpc) is 2.80. The van der Waals surface area contributed by atoms with Gasteiger partial charge in [0.2, 0.25) is 5.91 Å². The standard InChI is InChI=1S/C14H14BFN4OS/c1-9(2)22-4-3-13(21)18-12-8-20(19-14(12)15)11-5-10(16)6-17-7-11/h5-8H,1,3-4H2,2H3,(H,18,21). The summed E-state index contributed by atoms with van der Waals surface area (Å²) in [6.45, 7) is 5.64. The van der Waals surface area contributed by atoms with Crippen LogP contribution in [-0.4, -0.2) is 34.3 Å². The Hall–Kier alpha value is -2.09. The Labute approximate surface area is 133 Å². The van der Waals surface area contributed by atoms with Gasteiger partial charge in [-0.3, -0.25) is 9.78 Å². The minimum atomic E-state index is -0.478. The molecule has 2 aromatic heterocycles. The van der Waals surface area contributed by atoms with E-state index in [9.17, 15) is 9.18 Å². The summed E-state index contributed by atoms with van der Waals surface area (Å²) in [7, 11) is 5.76. The van der Waals surface area contributed by atoms with E-state index in [4.69, 9.17) is 7.85 Å². The Kier molecular flexibility index (Phi) is 5.38. The number of carbonyl (C=O) groups is 1. The van der Waals surface area contributed by atoms with Crippen molar-refractivity contribution in [1.82, 2.24) is 14.8 Å². The summed E-state index contributed by atoms with van der Waals surface area (Å²) in [5.41, 5.74) is 0.963. The van der Waals surface area contributed by atoms with Gasteiger partial charge in [0.1, 0.15) is 13.7 Å². The van der Waals surface area contributed by atoms with Gasteiger partial charge in [0, 0.05) is 23.8 Å². The molecule has 2 aromatic rings. The van der Waals surface area contributed by atoms with Crippen LogP contribution in [0.3, 0.4) is 0 Å². The number of hydrogen-bond acceptors (Lipinski definition) is 4. The van der Waals surface area contributed by atoms with Gasteiger partial charge >= 0.3 is 0 Å². The largest absolute Gasteiger partial charge is 0.324 e. The zero-order valence-corrected chi connectivity index (χ0v) is 12.9. The van der Waals surface area contributed by atoms with Crippen molar-refractivity contribution in [2.75, 3.05) is 11.1 Å². The molecular weight excluding hydrogens is 302 g/mol. The number of pyridine rings is 1. The number of aromatic nitrogens is 3. The van der Waals surface area contributed by atoms with E-state index in [1.54, 1.807) is 0 Å². The maximum absolute atomic E-state index is 13.2. The van der Waals surface area contributed by atoms with Gasteiger partial charge in [-0.15, -0.1) is 11.8 Å². The van der Waals surface area contributed by atoms with Crippen molar-refractivity contribution in [1.29, 1.82) is 0 Å². The number of nitrogens with one attached hydrogen (secondary N) is 1. The van der Waals surface area contributed by atoms with Crippen LogP contribution < -0.4 is 10.9 Å². The van der Waals surface area contributed by atoms with Crippen molar-refractivity contribution in [3.8, 4) is 5.69 Å². The molecule has 5 nitrogen and oxygen atoms in total. The lowest BCUT2D eigenvalue weighted by atomic mass is 10.0. The minimum Gasteiger partial charge on any atom is -0.324 e. The Morgan fingerprint density at radius 2 is 2.32 bits per heavy atom. The van der Waals surface area contributed by atoms with Crippen molar-refractivity contribution < 1.29 is 9.18 Å². The summed E-state index contributed by atoms with van der Waals surface area (Å²) in [6, 6.07) is 1.27. The molecule has 112 valence electrons. The molecule has 2 radical (unpaired) electrons. The van der Waals surface area contributed by atoms with E-state index >= 15 is 0 Å². The molecule has 0 fully saturated rings. The fourth-order valence-corrected chi connectivity index (χ4v) is 2.31. The van der Waals surface area contributed by atoms with Crippen LogP contribution in [0.25, 0.3) is 5.69 Å². The monoisotopic (exact) mass is 316 g/mol. The topological polar surface area (TPSA) is 59.8 Å². The molecular formula is C14H14BFN4OS. The Morgan fingerprint density at radius 1 is 1.55 bits per heavy atom. The molecule has 1 N–H and O–H groups in total. The van der Waals surface area contributed by atoms with Crippen LogP contribution >= 0.6 is 11.8 Å². The first-order valence-electron chi connectivity index (χ1n) is 6.50. The number of amides is 1. The first-order valence-corrected chi connectivity index (χ1v) is 7.48. The van der Waals surface area contributed by atoms with E-state index < -0.39 is 5.82 Å². The second kappa shape index (κ2) is 7.26. The molecule has 0 aromatic carbocycles. The number of rotatable bonds is 6. The Bertz CT molecular complexity index is 704. The predicted octanol–water partition coefficient (Wildman–Crippen LogP) is 1.80. The van der Waals surface area contributed by atoms with Gasteiger partial charge in [0.15, 0.2) is 0 Å². The maximum Gasteiger partial charge on any atom is 0.225 e. The Balaban J connectivity index is 2.04. The molecule has 0 aliphatic rings. The summed E-state index contributed by atoms with van der Waals surface area (Å²) in [4.78, 5) is 16.5. The number of allylic oxidation sites excluding steroid dienone is 1. The highest BCUT2D eigenvalue weighted by Gasteiger charge is 2.10. The normalized spacial score (nSPS) is 10.5. The van der Waals surface area contributed by atoms with Crippen LogP contribution in [0.4, 0.5) is 10.1 Å². The molecule has 22 heavy (non-hydrogen) atoms. The van der Waals surface area contributed by atoms with Gasteiger partial charge in [0.05, 0.1) is 30.0 Å². The molecule has 2 rings (SSSR count). The molecule has 8 heteroatoms. The van der Waals surface area contributed by atoms with Crippen LogP contribution in [-0.2, 0) is 4.79 Å². The van der Waals surface area contributed by atoms with Crippen molar-refractivity contribution >= 4 is 36.8 Å². The zero-order valence-electron chi connectivity index (χ0n) is 12.0. The lowest BCUT2D eigenvalue weighted by Crippen LogP contribution is -2.18. The highest BCUT2D eigenvalue weighted by molar-refractivity contribution is 8.03. The van der Waals surface area contributed by atoms with Gasteiger partial charge in [-0.05, 0) is 11.8 Å². The lowest BCUT2D eigenvalue weighted by Gasteiger charge is -2.03. The van der Waals surface area contributed by atoms with E-state index in [1.165, 1.54) is 34.9 Å². The van der Waals surface area contributed by atoms with Crippen molar-refractivity contribution in [3.05, 3.63) is 42.0 Å². The molecule has 0 aliphatic carbocycles. The molecule has 0 aliphatic heterocycles. The van der Waals surface area contributed by atoms with Gasteiger partial charge in [-0.25, -0.2) is 9.07 Å². The predicted molar refractivity (Wildman–Crippen MR) is 87.2 cm³/mol. The summed E-state index contributed by atoms with van der Waals surface area (Å²) in [5.74, 6) is -0.00501. The zero-order chi connectivity index (χ0) is 16.1.